The molecule has 0 radical (unpaired) electrons. The van der Waals surface area contributed by atoms with E-state index >= 15 is 0 Å². The van der Waals surface area contributed by atoms with Crippen molar-refractivity contribution in [3.05, 3.63) is 41.7 Å². The Morgan fingerprint density at radius 1 is 1.29 bits per heavy atom. The highest BCUT2D eigenvalue weighted by Gasteiger charge is 2.33. The van der Waals surface area contributed by atoms with Crippen molar-refractivity contribution in [2.75, 3.05) is 19.8 Å². The summed E-state index contributed by atoms with van der Waals surface area (Å²) in [6.45, 7) is 2.75. The summed E-state index contributed by atoms with van der Waals surface area (Å²) < 4.78 is 9.88. The van der Waals surface area contributed by atoms with Crippen LogP contribution >= 0.6 is 0 Å². The number of aryl methyl sites for hydroxylation is 2. The van der Waals surface area contributed by atoms with Crippen molar-refractivity contribution in [1.82, 2.24) is 19.0 Å². The summed E-state index contributed by atoms with van der Waals surface area (Å²) in [5.41, 5.74) is 2.92. The van der Waals surface area contributed by atoms with Crippen molar-refractivity contribution in [1.29, 1.82) is 0 Å². The highest BCUT2D eigenvalue weighted by Crippen LogP contribution is 2.31. The van der Waals surface area contributed by atoms with Gasteiger partial charge in [0.05, 0.1) is 25.2 Å². The van der Waals surface area contributed by atoms with Crippen LogP contribution in [0.5, 0.6) is 0 Å². The molecule has 128 valence electrons. The van der Waals surface area contributed by atoms with Crippen molar-refractivity contribution in [2.45, 2.75) is 25.3 Å². The zero-order chi connectivity index (χ0) is 16.7. The number of carbonyl (C=O) groups is 1. The van der Waals surface area contributed by atoms with Crippen LogP contribution in [-0.4, -0.2) is 44.7 Å². The van der Waals surface area contributed by atoms with Gasteiger partial charge in [-0.15, -0.1) is 0 Å². The lowest BCUT2D eigenvalue weighted by Gasteiger charge is -2.33. The van der Waals surface area contributed by atoms with Crippen LogP contribution < -0.4 is 0 Å². The second kappa shape index (κ2) is 6.09. The second-order valence-corrected chi connectivity index (χ2v) is 7.06. The first-order valence-electron chi connectivity index (χ1n) is 8.62. The zero-order valence-electron chi connectivity index (χ0n) is 14.3. The average molecular weight is 328 g/mol. The smallest absolute Gasteiger partial charge is 0.270 e. The summed E-state index contributed by atoms with van der Waals surface area (Å²) in [4.78, 5) is 19.3. The molecule has 2 aliphatic rings. The standard InChI is InChI=1S/C18H24N4O2/c1-20-7-3-4-16(20)18(23)22-8-14(11-24-10-13-5-6-13)17-15(9-22)19-12-21(17)2/h3-4,7,12-14H,5-6,8-11H2,1-2H3. The largest absolute Gasteiger partial charge is 0.380 e. The molecule has 6 heteroatoms. The van der Waals surface area contributed by atoms with Gasteiger partial charge in [0.2, 0.25) is 0 Å². The van der Waals surface area contributed by atoms with Gasteiger partial charge in [0, 0.05) is 45.1 Å². The first-order valence-corrected chi connectivity index (χ1v) is 8.62. The third-order valence-electron chi connectivity index (χ3n) is 5.05. The van der Waals surface area contributed by atoms with Crippen LogP contribution in [0.15, 0.2) is 24.7 Å². The number of rotatable bonds is 5. The Hall–Kier alpha value is -2.08. The van der Waals surface area contributed by atoms with Crippen molar-refractivity contribution >= 4 is 5.91 Å². The summed E-state index contributed by atoms with van der Waals surface area (Å²) in [5, 5.41) is 0. The molecule has 1 fully saturated rings. The van der Waals surface area contributed by atoms with Crippen LogP contribution in [0.2, 0.25) is 0 Å². The fourth-order valence-corrected chi connectivity index (χ4v) is 3.52. The van der Waals surface area contributed by atoms with Crippen molar-refractivity contribution in [2.24, 2.45) is 20.0 Å². The molecular weight excluding hydrogens is 304 g/mol. The quantitative estimate of drug-likeness (QED) is 0.843. The van der Waals surface area contributed by atoms with Crippen LogP contribution in [0.1, 0.15) is 40.6 Å². The Labute approximate surface area is 142 Å². The molecule has 1 amide bonds. The van der Waals surface area contributed by atoms with Crippen LogP contribution in [0.4, 0.5) is 0 Å². The maximum absolute atomic E-state index is 12.9. The number of hydrogen-bond acceptors (Lipinski definition) is 3. The minimum absolute atomic E-state index is 0.0611. The molecule has 1 atom stereocenters. The van der Waals surface area contributed by atoms with E-state index < -0.39 is 0 Å². The van der Waals surface area contributed by atoms with Crippen LogP contribution in [0.25, 0.3) is 0 Å². The van der Waals surface area contributed by atoms with E-state index in [1.165, 1.54) is 18.5 Å². The number of ether oxygens (including phenoxy) is 1. The first kappa shape index (κ1) is 15.4. The van der Waals surface area contributed by atoms with Crippen molar-refractivity contribution < 1.29 is 9.53 Å². The lowest BCUT2D eigenvalue weighted by molar-refractivity contribution is 0.0610. The maximum atomic E-state index is 12.9. The van der Waals surface area contributed by atoms with E-state index in [2.05, 4.69) is 9.55 Å². The number of amides is 1. The molecule has 1 saturated carbocycles. The fourth-order valence-electron chi connectivity index (χ4n) is 3.52. The van der Waals surface area contributed by atoms with Gasteiger partial charge in [0.25, 0.3) is 5.91 Å². The molecular formula is C18H24N4O2. The van der Waals surface area contributed by atoms with Gasteiger partial charge in [-0.05, 0) is 30.9 Å². The predicted octanol–water partition coefficient (Wildman–Crippen LogP) is 1.92. The Balaban J connectivity index is 1.53. The van der Waals surface area contributed by atoms with Gasteiger partial charge < -0.3 is 18.8 Å². The van der Waals surface area contributed by atoms with Crippen LogP contribution in [0, 0.1) is 5.92 Å². The summed E-state index contributed by atoms with van der Waals surface area (Å²) in [7, 11) is 3.92. The zero-order valence-corrected chi connectivity index (χ0v) is 14.3. The maximum Gasteiger partial charge on any atom is 0.270 e. The Morgan fingerprint density at radius 2 is 2.12 bits per heavy atom. The molecule has 0 spiro atoms. The molecule has 2 aromatic rings. The number of nitrogens with zero attached hydrogens (tertiary/aromatic N) is 4. The third kappa shape index (κ3) is 2.86. The van der Waals surface area contributed by atoms with Gasteiger partial charge in [0.1, 0.15) is 5.69 Å². The predicted molar refractivity (Wildman–Crippen MR) is 89.6 cm³/mol. The van der Waals surface area contributed by atoms with Crippen molar-refractivity contribution in [3.8, 4) is 0 Å². The number of imidazole rings is 1. The molecule has 4 rings (SSSR count). The minimum Gasteiger partial charge on any atom is -0.380 e. The van der Waals surface area contributed by atoms with Gasteiger partial charge in [-0.25, -0.2) is 4.98 Å². The lowest BCUT2D eigenvalue weighted by Crippen LogP contribution is -2.40. The normalized spacial score (nSPS) is 20.2. The van der Waals surface area contributed by atoms with E-state index in [9.17, 15) is 4.79 Å². The molecule has 0 aromatic carbocycles. The molecule has 24 heavy (non-hydrogen) atoms. The average Bonchev–Trinajstić information content (AvgIpc) is 3.18. The van der Waals surface area contributed by atoms with Crippen molar-refractivity contribution in [3.63, 3.8) is 0 Å². The summed E-state index contributed by atoms with van der Waals surface area (Å²) in [6.07, 6.45) is 6.33. The van der Waals surface area contributed by atoms with Crippen LogP contribution in [-0.2, 0) is 25.4 Å². The minimum atomic E-state index is 0.0611. The molecule has 0 N–H and O–H groups in total. The second-order valence-electron chi connectivity index (χ2n) is 7.06. The Bertz CT molecular complexity index is 744. The molecule has 0 saturated heterocycles. The highest BCUT2D eigenvalue weighted by atomic mass is 16.5. The van der Waals surface area contributed by atoms with E-state index in [1.54, 1.807) is 0 Å². The molecule has 0 bridgehead atoms. The van der Waals surface area contributed by atoms with Gasteiger partial charge in [0.15, 0.2) is 0 Å². The Kier molecular flexibility index (Phi) is 3.92. The van der Waals surface area contributed by atoms with E-state index in [0.717, 1.165) is 18.2 Å². The molecule has 1 aliphatic carbocycles. The SMILES string of the molecule is Cn1cccc1C(=O)N1Cc2ncn(C)c2C(COCC2CC2)C1. The molecule has 6 nitrogen and oxygen atoms in total. The van der Waals surface area contributed by atoms with E-state index in [0.29, 0.717) is 25.4 Å². The lowest BCUT2D eigenvalue weighted by atomic mass is 9.98. The van der Waals surface area contributed by atoms with Gasteiger partial charge in [-0.1, -0.05) is 0 Å². The topological polar surface area (TPSA) is 52.3 Å². The molecule has 2 aromatic heterocycles. The van der Waals surface area contributed by atoms with E-state index in [-0.39, 0.29) is 11.8 Å². The van der Waals surface area contributed by atoms with E-state index in [4.69, 9.17) is 4.74 Å². The number of aromatic nitrogens is 3. The fraction of sp³-hybridized carbons (Fsp3) is 0.556. The number of carbonyl (C=O) groups excluding carboxylic acids is 1. The monoisotopic (exact) mass is 328 g/mol. The summed E-state index contributed by atoms with van der Waals surface area (Å²) in [6, 6.07) is 3.77. The summed E-state index contributed by atoms with van der Waals surface area (Å²) in [5.74, 6) is 0.996. The van der Waals surface area contributed by atoms with Gasteiger partial charge in [-0.3, -0.25) is 4.79 Å². The number of fused-ring (bicyclic) bond motifs is 1. The Morgan fingerprint density at radius 3 is 2.83 bits per heavy atom. The molecule has 1 unspecified atom stereocenters. The van der Waals surface area contributed by atoms with E-state index in [1.807, 2.05) is 48.2 Å². The highest BCUT2D eigenvalue weighted by molar-refractivity contribution is 5.92. The van der Waals surface area contributed by atoms with Crippen LogP contribution in [0.3, 0.4) is 0 Å². The molecule has 3 heterocycles. The molecule has 1 aliphatic heterocycles. The first-order chi connectivity index (χ1) is 11.6. The van der Waals surface area contributed by atoms with Gasteiger partial charge in [-0.2, -0.15) is 0 Å². The number of hydrogen-bond donors (Lipinski definition) is 0. The summed E-state index contributed by atoms with van der Waals surface area (Å²) >= 11 is 0. The third-order valence-corrected chi connectivity index (χ3v) is 5.05. The van der Waals surface area contributed by atoms with Gasteiger partial charge >= 0.3 is 0 Å².